The molecule has 1 N–H and O–H groups in total. The first kappa shape index (κ1) is 11.7. The minimum absolute atomic E-state index is 0.236. The molecular formula is C12H15NO4. The molecule has 1 aliphatic heterocycles. The summed E-state index contributed by atoms with van der Waals surface area (Å²) in [5.41, 5.74) is 0.487. The van der Waals surface area contributed by atoms with Crippen molar-refractivity contribution in [3.8, 4) is 0 Å². The number of aryl methyl sites for hydroxylation is 1. The second-order valence-electron chi connectivity index (χ2n) is 4.11. The molecule has 1 aromatic rings. The van der Waals surface area contributed by atoms with Crippen LogP contribution in [-0.4, -0.2) is 34.5 Å². The van der Waals surface area contributed by atoms with E-state index in [1.165, 1.54) is 11.2 Å². The second kappa shape index (κ2) is 4.61. The Morgan fingerprint density at radius 3 is 3.00 bits per heavy atom. The normalized spacial score (nSPS) is 19.6. The zero-order valence-corrected chi connectivity index (χ0v) is 9.68. The summed E-state index contributed by atoms with van der Waals surface area (Å²) >= 11 is 0. The summed E-state index contributed by atoms with van der Waals surface area (Å²) in [7, 11) is 0. The average molecular weight is 237 g/mol. The molecule has 1 atom stereocenters. The number of nitrogens with zero attached hydrogens (tertiary/aromatic N) is 1. The van der Waals surface area contributed by atoms with E-state index in [0.717, 1.165) is 6.42 Å². The quantitative estimate of drug-likeness (QED) is 0.865. The monoisotopic (exact) mass is 237 g/mol. The zero-order chi connectivity index (χ0) is 12.4. The van der Waals surface area contributed by atoms with Gasteiger partial charge in [-0.15, -0.1) is 0 Å². The lowest BCUT2D eigenvalue weighted by Crippen LogP contribution is -2.40. The van der Waals surface area contributed by atoms with Crippen molar-refractivity contribution in [3.05, 3.63) is 23.7 Å². The molecule has 2 heterocycles. The van der Waals surface area contributed by atoms with Crippen molar-refractivity contribution in [2.75, 3.05) is 6.54 Å². The van der Waals surface area contributed by atoms with Gasteiger partial charge in [0.05, 0.1) is 11.8 Å². The van der Waals surface area contributed by atoms with E-state index in [0.29, 0.717) is 30.7 Å². The predicted molar refractivity (Wildman–Crippen MR) is 59.8 cm³/mol. The van der Waals surface area contributed by atoms with Crippen LogP contribution in [0.2, 0.25) is 0 Å². The standard InChI is InChI=1S/C12H15NO4/c1-2-10-8(5-7-17-10)11(14)13-6-3-4-9(13)12(15)16/h5,7,9H,2-4,6H2,1H3,(H,15,16)/t9-/m1/s1. The number of likely N-dealkylation sites (tertiary alicyclic amines) is 1. The third kappa shape index (κ3) is 2.05. The van der Waals surface area contributed by atoms with Crippen molar-refractivity contribution >= 4 is 11.9 Å². The molecule has 92 valence electrons. The fourth-order valence-electron chi connectivity index (χ4n) is 2.23. The fraction of sp³-hybridized carbons (Fsp3) is 0.500. The van der Waals surface area contributed by atoms with Crippen molar-refractivity contribution < 1.29 is 19.1 Å². The SMILES string of the molecule is CCc1occc1C(=O)N1CCC[C@@H]1C(=O)O. The summed E-state index contributed by atoms with van der Waals surface area (Å²) in [4.78, 5) is 24.7. The van der Waals surface area contributed by atoms with E-state index in [2.05, 4.69) is 0 Å². The minimum atomic E-state index is -0.933. The van der Waals surface area contributed by atoms with E-state index >= 15 is 0 Å². The number of carboxylic acids is 1. The number of rotatable bonds is 3. The lowest BCUT2D eigenvalue weighted by Gasteiger charge is -2.21. The Morgan fingerprint density at radius 2 is 2.35 bits per heavy atom. The summed E-state index contributed by atoms with van der Waals surface area (Å²) in [5.74, 6) is -0.552. The van der Waals surface area contributed by atoms with Crippen LogP contribution < -0.4 is 0 Å². The molecule has 1 saturated heterocycles. The van der Waals surface area contributed by atoms with Crippen LogP contribution in [0.1, 0.15) is 35.9 Å². The van der Waals surface area contributed by atoms with Crippen LogP contribution in [-0.2, 0) is 11.2 Å². The van der Waals surface area contributed by atoms with Gasteiger partial charge in [-0.2, -0.15) is 0 Å². The van der Waals surface area contributed by atoms with Crippen LogP contribution in [0.4, 0.5) is 0 Å². The van der Waals surface area contributed by atoms with Crippen LogP contribution >= 0.6 is 0 Å². The Balaban J connectivity index is 2.23. The van der Waals surface area contributed by atoms with Crippen molar-refractivity contribution in [3.63, 3.8) is 0 Å². The molecule has 0 aliphatic carbocycles. The molecule has 0 bridgehead atoms. The maximum Gasteiger partial charge on any atom is 0.326 e. The number of hydrogen-bond donors (Lipinski definition) is 1. The van der Waals surface area contributed by atoms with E-state index in [1.807, 2.05) is 6.92 Å². The van der Waals surface area contributed by atoms with Gasteiger partial charge >= 0.3 is 5.97 Å². The minimum Gasteiger partial charge on any atom is -0.480 e. The zero-order valence-electron chi connectivity index (χ0n) is 9.68. The van der Waals surface area contributed by atoms with E-state index in [9.17, 15) is 9.59 Å². The van der Waals surface area contributed by atoms with E-state index in [-0.39, 0.29) is 5.91 Å². The van der Waals surface area contributed by atoms with Gasteiger partial charge in [-0.25, -0.2) is 4.79 Å². The Bertz CT molecular complexity index is 437. The first-order valence-electron chi connectivity index (χ1n) is 5.75. The summed E-state index contributed by atoms with van der Waals surface area (Å²) in [6.45, 7) is 2.40. The summed E-state index contributed by atoms with van der Waals surface area (Å²) in [5, 5.41) is 9.04. The molecule has 17 heavy (non-hydrogen) atoms. The largest absolute Gasteiger partial charge is 0.480 e. The molecule has 5 heteroatoms. The Morgan fingerprint density at radius 1 is 1.59 bits per heavy atom. The summed E-state index contributed by atoms with van der Waals surface area (Å²) in [6.07, 6.45) is 3.36. The van der Waals surface area contributed by atoms with Crippen molar-refractivity contribution in [1.82, 2.24) is 4.90 Å². The number of hydrogen-bond acceptors (Lipinski definition) is 3. The smallest absolute Gasteiger partial charge is 0.326 e. The predicted octanol–water partition coefficient (Wildman–Crippen LogP) is 1.53. The highest BCUT2D eigenvalue weighted by Gasteiger charge is 2.35. The van der Waals surface area contributed by atoms with Gasteiger partial charge in [0.15, 0.2) is 0 Å². The van der Waals surface area contributed by atoms with Crippen LogP contribution in [0.25, 0.3) is 0 Å². The molecule has 1 amide bonds. The van der Waals surface area contributed by atoms with Gasteiger partial charge in [-0.1, -0.05) is 6.92 Å². The average Bonchev–Trinajstić information content (AvgIpc) is 2.96. The molecule has 0 spiro atoms. The molecule has 1 aromatic heterocycles. The van der Waals surface area contributed by atoms with Gasteiger partial charge < -0.3 is 14.4 Å². The molecule has 2 rings (SSSR count). The molecule has 0 saturated carbocycles. The van der Waals surface area contributed by atoms with Crippen molar-refractivity contribution in [2.45, 2.75) is 32.2 Å². The topological polar surface area (TPSA) is 70.8 Å². The maximum atomic E-state index is 12.2. The van der Waals surface area contributed by atoms with Crippen LogP contribution in [0.5, 0.6) is 0 Å². The van der Waals surface area contributed by atoms with Crippen LogP contribution in [0.3, 0.4) is 0 Å². The maximum absolute atomic E-state index is 12.2. The highest BCUT2D eigenvalue weighted by Crippen LogP contribution is 2.22. The van der Waals surface area contributed by atoms with Gasteiger partial charge in [0.25, 0.3) is 5.91 Å². The lowest BCUT2D eigenvalue weighted by molar-refractivity contribution is -0.141. The van der Waals surface area contributed by atoms with Crippen LogP contribution in [0, 0.1) is 0 Å². The molecule has 1 fully saturated rings. The number of aliphatic carboxylic acids is 1. The number of carboxylic acid groups (broad SMARTS) is 1. The molecule has 0 aromatic carbocycles. The Labute approximate surface area is 99.0 Å². The third-order valence-electron chi connectivity index (χ3n) is 3.10. The first-order valence-corrected chi connectivity index (χ1v) is 5.75. The Kier molecular flexibility index (Phi) is 3.17. The molecular weight excluding hydrogens is 222 g/mol. The van der Waals surface area contributed by atoms with Crippen molar-refractivity contribution in [2.24, 2.45) is 0 Å². The van der Waals surface area contributed by atoms with Crippen LogP contribution in [0.15, 0.2) is 16.7 Å². The fourth-order valence-corrected chi connectivity index (χ4v) is 2.23. The number of carbonyl (C=O) groups is 2. The molecule has 5 nitrogen and oxygen atoms in total. The molecule has 0 unspecified atom stereocenters. The number of amides is 1. The van der Waals surface area contributed by atoms with Gasteiger partial charge in [0.2, 0.25) is 0 Å². The summed E-state index contributed by atoms with van der Waals surface area (Å²) < 4.78 is 5.20. The van der Waals surface area contributed by atoms with Gasteiger partial charge in [-0.3, -0.25) is 4.79 Å². The first-order chi connectivity index (χ1) is 8.15. The van der Waals surface area contributed by atoms with Crippen molar-refractivity contribution in [1.29, 1.82) is 0 Å². The summed E-state index contributed by atoms with van der Waals surface area (Å²) in [6, 6.07) is 0.917. The van der Waals surface area contributed by atoms with E-state index < -0.39 is 12.0 Å². The van der Waals surface area contributed by atoms with Gasteiger partial charge in [0.1, 0.15) is 11.8 Å². The highest BCUT2D eigenvalue weighted by atomic mass is 16.4. The van der Waals surface area contributed by atoms with E-state index in [4.69, 9.17) is 9.52 Å². The van der Waals surface area contributed by atoms with Gasteiger partial charge in [-0.05, 0) is 18.9 Å². The number of furan rings is 1. The van der Waals surface area contributed by atoms with Gasteiger partial charge in [0, 0.05) is 13.0 Å². The van der Waals surface area contributed by atoms with E-state index in [1.54, 1.807) is 6.07 Å². The second-order valence-corrected chi connectivity index (χ2v) is 4.11. The third-order valence-corrected chi connectivity index (χ3v) is 3.10. The lowest BCUT2D eigenvalue weighted by atomic mass is 10.1. The highest BCUT2D eigenvalue weighted by molar-refractivity contribution is 5.97. The Hall–Kier alpha value is -1.78. The molecule has 0 radical (unpaired) electrons. The molecule has 1 aliphatic rings. The number of carbonyl (C=O) groups excluding carboxylic acids is 1.